The van der Waals surface area contributed by atoms with Crippen LogP contribution < -0.4 is 15.4 Å². The molecule has 2 aromatic carbocycles. The van der Waals surface area contributed by atoms with E-state index in [2.05, 4.69) is 29.4 Å². The first kappa shape index (κ1) is 20.9. The molecule has 2 aromatic rings. The van der Waals surface area contributed by atoms with E-state index in [0.717, 1.165) is 18.8 Å². The summed E-state index contributed by atoms with van der Waals surface area (Å²) in [6, 6.07) is 14.1. The van der Waals surface area contributed by atoms with E-state index in [1.54, 1.807) is 55.6 Å². The van der Waals surface area contributed by atoms with Gasteiger partial charge in [0, 0.05) is 30.0 Å². The molecule has 1 aliphatic heterocycles. The fraction of sp³-hybridized carbons (Fsp3) is 0.391. The van der Waals surface area contributed by atoms with Gasteiger partial charge in [0.25, 0.3) is 5.91 Å². The molecule has 2 atom stereocenters. The molecule has 3 rings (SSSR count). The average Bonchev–Trinajstić information content (AvgIpc) is 2.68. The number of nitrogens with one attached hydrogen (secondary N) is 2. The van der Waals surface area contributed by atoms with Crippen LogP contribution in [-0.2, 0) is 4.79 Å². The Hall–Kier alpha value is -2.86. The second-order valence-corrected chi connectivity index (χ2v) is 7.95. The molecule has 6 nitrogen and oxygen atoms in total. The third kappa shape index (κ3) is 6.06. The fourth-order valence-electron chi connectivity index (χ4n) is 3.91. The Labute approximate surface area is 172 Å². The van der Waals surface area contributed by atoms with Crippen LogP contribution in [0.3, 0.4) is 0 Å². The van der Waals surface area contributed by atoms with Crippen molar-refractivity contribution in [2.45, 2.75) is 20.3 Å². The van der Waals surface area contributed by atoms with Gasteiger partial charge in [0.05, 0.1) is 13.7 Å². The topological polar surface area (TPSA) is 70.7 Å². The molecule has 0 unspecified atom stereocenters. The summed E-state index contributed by atoms with van der Waals surface area (Å²) < 4.78 is 5.11. The molecule has 0 saturated carbocycles. The van der Waals surface area contributed by atoms with Gasteiger partial charge in [0.15, 0.2) is 0 Å². The number of methoxy groups -OCH3 is 1. The third-order valence-corrected chi connectivity index (χ3v) is 5.09. The molecule has 0 radical (unpaired) electrons. The van der Waals surface area contributed by atoms with Crippen molar-refractivity contribution in [1.29, 1.82) is 0 Å². The predicted octanol–water partition coefficient (Wildman–Crippen LogP) is 3.86. The predicted molar refractivity (Wildman–Crippen MR) is 115 cm³/mol. The fourth-order valence-corrected chi connectivity index (χ4v) is 3.91. The van der Waals surface area contributed by atoms with E-state index >= 15 is 0 Å². The maximum Gasteiger partial charge on any atom is 0.255 e. The van der Waals surface area contributed by atoms with E-state index in [4.69, 9.17) is 4.74 Å². The first-order valence-corrected chi connectivity index (χ1v) is 10.0. The SMILES string of the molecule is COc1ccc(NC(=O)c2ccc(NC(=O)CN3C[C@H](C)C[C@@H](C)C3)cc2)cc1. The van der Waals surface area contributed by atoms with E-state index in [0.29, 0.717) is 35.3 Å². The molecule has 2 N–H and O–H groups in total. The zero-order chi connectivity index (χ0) is 20.8. The van der Waals surface area contributed by atoms with E-state index in [-0.39, 0.29) is 11.8 Å². The van der Waals surface area contributed by atoms with Crippen LogP contribution in [0.1, 0.15) is 30.6 Å². The Morgan fingerprint density at radius 2 is 1.48 bits per heavy atom. The van der Waals surface area contributed by atoms with Gasteiger partial charge in [-0.3, -0.25) is 14.5 Å². The Morgan fingerprint density at radius 1 is 0.931 bits per heavy atom. The van der Waals surface area contributed by atoms with Gasteiger partial charge < -0.3 is 15.4 Å². The number of ether oxygens (including phenoxy) is 1. The number of nitrogens with zero attached hydrogens (tertiary/aromatic N) is 1. The highest BCUT2D eigenvalue weighted by molar-refractivity contribution is 6.04. The van der Waals surface area contributed by atoms with Crippen LogP contribution in [0.15, 0.2) is 48.5 Å². The van der Waals surface area contributed by atoms with Gasteiger partial charge in [-0.2, -0.15) is 0 Å². The molecule has 29 heavy (non-hydrogen) atoms. The smallest absolute Gasteiger partial charge is 0.255 e. The van der Waals surface area contributed by atoms with Crippen molar-refractivity contribution in [3.63, 3.8) is 0 Å². The van der Waals surface area contributed by atoms with E-state index in [1.807, 2.05) is 0 Å². The lowest BCUT2D eigenvalue weighted by Gasteiger charge is -2.34. The number of piperidine rings is 1. The highest BCUT2D eigenvalue weighted by Crippen LogP contribution is 2.21. The lowest BCUT2D eigenvalue weighted by Crippen LogP contribution is -2.42. The van der Waals surface area contributed by atoms with Crippen LogP contribution in [0, 0.1) is 11.8 Å². The Morgan fingerprint density at radius 3 is 2.07 bits per heavy atom. The molecule has 6 heteroatoms. The minimum atomic E-state index is -0.204. The third-order valence-electron chi connectivity index (χ3n) is 5.09. The zero-order valence-electron chi connectivity index (χ0n) is 17.3. The summed E-state index contributed by atoms with van der Waals surface area (Å²) >= 11 is 0. The van der Waals surface area contributed by atoms with Gasteiger partial charge in [-0.05, 0) is 66.8 Å². The van der Waals surface area contributed by atoms with Crippen LogP contribution in [0.4, 0.5) is 11.4 Å². The van der Waals surface area contributed by atoms with E-state index < -0.39 is 0 Å². The minimum Gasteiger partial charge on any atom is -0.497 e. The van der Waals surface area contributed by atoms with Crippen molar-refractivity contribution in [3.8, 4) is 5.75 Å². The normalized spacial score (nSPS) is 19.4. The van der Waals surface area contributed by atoms with Gasteiger partial charge in [-0.25, -0.2) is 0 Å². The minimum absolute atomic E-state index is 0.0262. The Kier molecular flexibility index (Phi) is 6.88. The number of carbonyl (C=O) groups excluding carboxylic acids is 2. The summed E-state index contributed by atoms with van der Waals surface area (Å²) in [7, 11) is 1.60. The monoisotopic (exact) mass is 395 g/mol. The number of hydrogen-bond acceptors (Lipinski definition) is 4. The maximum absolute atomic E-state index is 12.4. The van der Waals surface area contributed by atoms with Gasteiger partial charge in [-0.15, -0.1) is 0 Å². The standard InChI is InChI=1S/C23H29N3O3/c1-16-12-17(2)14-26(13-16)15-22(27)24-19-6-4-18(5-7-19)23(28)25-20-8-10-21(29-3)11-9-20/h4-11,16-17H,12-15H2,1-3H3,(H,24,27)(H,25,28)/t16-,17-/m1/s1. The largest absolute Gasteiger partial charge is 0.497 e. The van der Waals surface area contributed by atoms with Crippen molar-refractivity contribution in [2.75, 3.05) is 37.4 Å². The molecule has 0 aromatic heterocycles. The number of hydrogen-bond donors (Lipinski definition) is 2. The average molecular weight is 396 g/mol. The number of carbonyl (C=O) groups is 2. The van der Waals surface area contributed by atoms with Crippen LogP contribution in [0.5, 0.6) is 5.75 Å². The van der Waals surface area contributed by atoms with Gasteiger partial charge >= 0.3 is 0 Å². The van der Waals surface area contributed by atoms with Crippen LogP contribution in [-0.4, -0.2) is 43.5 Å². The van der Waals surface area contributed by atoms with Crippen LogP contribution >= 0.6 is 0 Å². The number of rotatable bonds is 6. The highest BCUT2D eigenvalue weighted by atomic mass is 16.5. The van der Waals surface area contributed by atoms with E-state index in [9.17, 15) is 9.59 Å². The van der Waals surface area contributed by atoms with Crippen molar-refractivity contribution < 1.29 is 14.3 Å². The molecule has 1 fully saturated rings. The summed E-state index contributed by atoms with van der Waals surface area (Å²) in [5, 5.41) is 5.76. The van der Waals surface area contributed by atoms with Crippen molar-refractivity contribution >= 4 is 23.2 Å². The first-order valence-electron chi connectivity index (χ1n) is 10.0. The number of amides is 2. The molecule has 1 aliphatic rings. The van der Waals surface area contributed by atoms with Crippen LogP contribution in [0.25, 0.3) is 0 Å². The number of anilines is 2. The number of benzene rings is 2. The molecule has 0 bridgehead atoms. The summed E-state index contributed by atoms with van der Waals surface area (Å²) in [5.41, 5.74) is 1.91. The van der Waals surface area contributed by atoms with Gasteiger partial charge in [0.1, 0.15) is 5.75 Å². The van der Waals surface area contributed by atoms with E-state index in [1.165, 1.54) is 6.42 Å². The molecule has 1 saturated heterocycles. The number of likely N-dealkylation sites (tertiary alicyclic amines) is 1. The second-order valence-electron chi connectivity index (χ2n) is 7.95. The second kappa shape index (κ2) is 9.56. The molecular weight excluding hydrogens is 366 g/mol. The molecule has 154 valence electrons. The summed E-state index contributed by atoms with van der Waals surface area (Å²) in [5.74, 6) is 1.74. The summed E-state index contributed by atoms with van der Waals surface area (Å²) in [4.78, 5) is 27.0. The lowest BCUT2D eigenvalue weighted by atomic mass is 9.92. The molecule has 0 aliphatic carbocycles. The molecule has 1 heterocycles. The Bertz CT molecular complexity index is 823. The highest BCUT2D eigenvalue weighted by Gasteiger charge is 2.23. The zero-order valence-corrected chi connectivity index (χ0v) is 17.3. The Balaban J connectivity index is 1.52. The van der Waals surface area contributed by atoms with Crippen LogP contribution in [0.2, 0.25) is 0 Å². The molecular formula is C23H29N3O3. The van der Waals surface area contributed by atoms with Crippen molar-refractivity contribution in [3.05, 3.63) is 54.1 Å². The maximum atomic E-state index is 12.4. The summed E-state index contributed by atoms with van der Waals surface area (Å²) in [6.45, 7) is 6.78. The quantitative estimate of drug-likeness (QED) is 0.779. The van der Waals surface area contributed by atoms with Crippen molar-refractivity contribution in [2.24, 2.45) is 11.8 Å². The lowest BCUT2D eigenvalue weighted by molar-refractivity contribution is -0.117. The van der Waals surface area contributed by atoms with Gasteiger partial charge in [0.2, 0.25) is 5.91 Å². The van der Waals surface area contributed by atoms with Gasteiger partial charge in [-0.1, -0.05) is 13.8 Å². The molecule has 2 amide bonds. The first-order chi connectivity index (χ1) is 13.9. The molecule has 0 spiro atoms. The summed E-state index contributed by atoms with van der Waals surface area (Å²) in [6.07, 6.45) is 1.22. The van der Waals surface area contributed by atoms with Crippen molar-refractivity contribution in [1.82, 2.24) is 4.90 Å².